The summed E-state index contributed by atoms with van der Waals surface area (Å²) in [5, 5.41) is 0. The normalized spacial score (nSPS) is 19.7. The number of nitrogens with zero attached hydrogens (tertiary/aromatic N) is 7. The zero-order chi connectivity index (χ0) is 26.1. The summed E-state index contributed by atoms with van der Waals surface area (Å²) < 4.78 is 5.10. The first-order chi connectivity index (χ1) is 18.6. The number of carbonyl (C=O) groups is 2. The Labute approximate surface area is 221 Å². The second kappa shape index (κ2) is 10.4. The Morgan fingerprint density at radius 2 is 1.84 bits per heavy atom. The van der Waals surface area contributed by atoms with Gasteiger partial charge in [-0.1, -0.05) is 6.07 Å². The summed E-state index contributed by atoms with van der Waals surface area (Å²) in [7, 11) is 1.57. The molecule has 2 aromatic heterocycles. The van der Waals surface area contributed by atoms with Gasteiger partial charge in [-0.05, 0) is 41.8 Å². The highest BCUT2D eigenvalue weighted by molar-refractivity contribution is 5.99. The maximum absolute atomic E-state index is 13.0. The predicted octanol–water partition coefficient (Wildman–Crippen LogP) is 1.94. The van der Waals surface area contributed by atoms with E-state index in [2.05, 4.69) is 30.8 Å². The van der Waals surface area contributed by atoms with Crippen LogP contribution in [0.4, 0.5) is 17.3 Å². The Balaban J connectivity index is 1.08. The Morgan fingerprint density at radius 3 is 2.58 bits per heavy atom. The van der Waals surface area contributed by atoms with Crippen LogP contribution in [0.1, 0.15) is 17.5 Å². The van der Waals surface area contributed by atoms with Gasteiger partial charge in [-0.3, -0.25) is 14.5 Å². The number of rotatable bonds is 6. The van der Waals surface area contributed by atoms with Gasteiger partial charge in [0.25, 0.3) is 0 Å². The molecule has 0 bridgehead atoms. The Kier molecular flexibility index (Phi) is 6.63. The molecule has 0 spiro atoms. The number of anilines is 3. The molecule has 10 nitrogen and oxygen atoms in total. The smallest absolute Gasteiger partial charge is 0.231 e. The molecule has 0 saturated carbocycles. The lowest BCUT2D eigenvalue weighted by molar-refractivity contribution is -0.118. The topological polar surface area (TPSA) is 95.0 Å². The second-order valence-electron chi connectivity index (χ2n) is 9.93. The number of pyridine rings is 1. The number of hydrogen-bond acceptors (Lipinski definition) is 8. The molecule has 5 heterocycles. The van der Waals surface area contributed by atoms with Gasteiger partial charge >= 0.3 is 0 Å². The molecule has 0 N–H and O–H groups in total. The molecule has 38 heavy (non-hydrogen) atoms. The molecule has 6 rings (SSSR count). The molecule has 1 unspecified atom stereocenters. The van der Waals surface area contributed by atoms with Crippen molar-refractivity contribution in [3.63, 3.8) is 0 Å². The van der Waals surface area contributed by atoms with E-state index in [0.29, 0.717) is 25.4 Å². The highest BCUT2D eigenvalue weighted by Gasteiger charge is 2.36. The van der Waals surface area contributed by atoms with Crippen LogP contribution in [0.5, 0.6) is 5.88 Å². The minimum absolute atomic E-state index is 0.0424. The first-order valence-electron chi connectivity index (χ1n) is 13.1. The van der Waals surface area contributed by atoms with Crippen molar-refractivity contribution in [2.75, 3.05) is 61.1 Å². The van der Waals surface area contributed by atoms with Crippen molar-refractivity contribution in [2.24, 2.45) is 0 Å². The molecule has 196 valence electrons. The Morgan fingerprint density at radius 1 is 1.03 bits per heavy atom. The van der Waals surface area contributed by atoms with Crippen LogP contribution in [0.25, 0.3) is 0 Å². The minimum atomic E-state index is 0.0424. The summed E-state index contributed by atoms with van der Waals surface area (Å²) in [6, 6.07) is 11.7. The van der Waals surface area contributed by atoms with Gasteiger partial charge in [-0.15, -0.1) is 0 Å². The van der Waals surface area contributed by atoms with Crippen molar-refractivity contribution in [1.82, 2.24) is 19.9 Å². The number of carbonyl (C=O) groups excluding carboxylic acids is 2. The van der Waals surface area contributed by atoms with E-state index < -0.39 is 0 Å². The fourth-order valence-electron chi connectivity index (χ4n) is 5.65. The maximum Gasteiger partial charge on any atom is 0.231 e. The molecule has 2 amide bonds. The van der Waals surface area contributed by atoms with Crippen LogP contribution in [-0.4, -0.2) is 84.1 Å². The molecule has 1 atom stereocenters. The van der Waals surface area contributed by atoms with Gasteiger partial charge in [0.15, 0.2) is 0 Å². The number of ether oxygens (including phenoxy) is 1. The summed E-state index contributed by atoms with van der Waals surface area (Å²) >= 11 is 0. The molecule has 3 aliphatic rings. The summed E-state index contributed by atoms with van der Waals surface area (Å²) in [5.41, 5.74) is 3.81. The second-order valence-corrected chi connectivity index (χ2v) is 9.93. The van der Waals surface area contributed by atoms with Gasteiger partial charge in [0.1, 0.15) is 0 Å². The Hall–Kier alpha value is -4.05. The lowest BCUT2D eigenvalue weighted by Gasteiger charge is -2.37. The molecule has 3 aromatic rings. The molecule has 3 aliphatic heterocycles. The molecule has 2 saturated heterocycles. The molecule has 1 aromatic carbocycles. The third-order valence-corrected chi connectivity index (χ3v) is 7.70. The van der Waals surface area contributed by atoms with Crippen LogP contribution < -0.4 is 19.4 Å². The summed E-state index contributed by atoms with van der Waals surface area (Å²) in [4.78, 5) is 47.4. The third kappa shape index (κ3) is 4.79. The predicted molar refractivity (Wildman–Crippen MR) is 144 cm³/mol. The molecule has 10 heteroatoms. The monoisotopic (exact) mass is 513 g/mol. The molecular formula is C28H31N7O3. The van der Waals surface area contributed by atoms with Crippen molar-refractivity contribution in [2.45, 2.75) is 25.3 Å². The molecule has 0 aliphatic carbocycles. The SMILES string of the molecule is COc1ccc(CC(=O)N2CCc3cc(N4CC(N5CCN(c6ncccn6)CC5)CC4=O)ccc32)cn1. The van der Waals surface area contributed by atoms with E-state index in [4.69, 9.17) is 4.74 Å². The zero-order valence-electron chi connectivity index (χ0n) is 21.5. The molecule has 0 radical (unpaired) electrons. The average molecular weight is 514 g/mol. The van der Waals surface area contributed by atoms with Crippen molar-refractivity contribution < 1.29 is 14.3 Å². The summed E-state index contributed by atoms with van der Waals surface area (Å²) in [6.07, 6.45) is 6.82. The number of piperazine rings is 1. The fourth-order valence-corrected chi connectivity index (χ4v) is 5.65. The number of fused-ring (bicyclic) bond motifs is 1. The van der Waals surface area contributed by atoms with Crippen LogP contribution in [0.2, 0.25) is 0 Å². The van der Waals surface area contributed by atoms with E-state index in [-0.39, 0.29) is 24.3 Å². The van der Waals surface area contributed by atoms with Crippen LogP contribution in [0.3, 0.4) is 0 Å². The quantitative estimate of drug-likeness (QED) is 0.494. The number of benzene rings is 1. The van der Waals surface area contributed by atoms with Gasteiger partial charge in [-0.2, -0.15) is 0 Å². The van der Waals surface area contributed by atoms with E-state index in [1.54, 1.807) is 31.8 Å². The highest BCUT2D eigenvalue weighted by atomic mass is 16.5. The molecular weight excluding hydrogens is 482 g/mol. The maximum atomic E-state index is 13.0. The van der Waals surface area contributed by atoms with Crippen molar-refractivity contribution in [3.05, 3.63) is 66.1 Å². The van der Waals surface area contributed by atoms with E-state index in [0.717, 1.165) is 61.0 Å². The van der Waals surface area contributed by atoms with Crippen molar-refractivity contribution in [1.29, 1.82) is 0 Å². The van der Waals surface area contributed by atoms with Gasteiger partial charge in [0.05, 0.1) is 13.5 Å². The van der Waals surface area contributed by atoms with Crippen molar-refractivity contribution in [3.8, 4) is 5.88 Å². The largest absolute Gasteiger partial charge is 0.481 e. The van der Waals surface area contributed by atoms with Gasteiger partial charge in [0.2, 0.25) is 23.6 Å². The Bertz CT molecular complexity index is 1310. The first kappa shape index (κ1) is 24.3. The minimum Gasteiger partial charge on any atom is -0.481 e. The van der Waals surface area contributed by atoms with Crippen LogP contribution in [-0.2, 0) is 22.4 Å². The lowest BCUT2D eigenvalue weighted by atomic mass is 10.1. The van der Waals surface area contributed by atoms with E-state index in [9.17, 15) is 9.59 Å². The van der Waals surface area contributed by atoms with Crippen LogP contribution in [0.15, 0.2) is 55.0 Å². The van der Waals surface area contributed by atoms with Crippen LogP contribution >= 0.6 is 0 Å². The van der Waals surface area contributed by atoms with E-state index in [1.165, 1.54) is 0 Å². The number of aromatic nitrogens is 3. The number of hydrogen-bond donors (Lipinski definition) is 0. The lowest BCUT2D eigenvalue weighted by Crippen LogP contribution is -2.51. The summed E-state index contributed by atoms with van der Waals surface area (Å²) in [5.74, 6) is 1.49. The van der Waals surface area contributed by atoms with Gasteiger partial charge < -0.3 is 19.4 Å². The highest BCUT2D eigenvalue weighted by Crippen LogP contribution is 2.34. The number of methoxy groups -OCH3 is 1. The molecule has 2 fully saturated rings. The third-order valence-electron chi connectivity index (χ3n) is 7.70. The van der Waals surface area contributed by atoms with Crippen molar-refractivity contribution >= 4 is 29.1 Å². The summed E-state index contributed by atoms with van der Waals surface area (Å²) in [6.45, 7) is 4.80. The first-order valence-corrected chi connectivity index (χ1v) is 13.1. The zero-order valence-corrected chi connectivity index (χ0v) is 21.5. The van der Waals surface area contributed by atoms with E-state index >= 15 is 0 Å². The van der Waals surface area contributed by atoms with E-state index in [1.807, 2.05) is 34.1 Å². The standard InChI is InChI=1S/C28H31N7O3/c1-38-25-6-3-20(18-31-25)15-26(36)34-10-7-21-16-22(4-5-24(21)34)35-19-23(17-27(35)37)32-11-13-33(14-12-32)28-29-8-2-9-30-28/h2-6,8-9,16,18,23H,7,10-15,17,19H2,1H3. The van der Waals surface area contributed by atoms with Gasteiger partial charge in [-0.25, -0.2) is 15.0 Å². The average Bonchev–Trinajstić information content (AvgIpc) is 3.57. The van der Waals surface area contributed by atoms with Gasteiger partial charge in [0, 0.05) is 87.8 Å². The number of amides is 2. The van der Waals surface area contributed by atoms with Crippen LogP contribution in [0, 0.1) is 0 Å². The fraction of sp³-hybridized carbons (Fsp3) is 0.393.